The molecule has 4 rings (SSSR count). The summed E-state index contributed by atoms with van der Waals surface area (Å²) in [6.45, 7) is 6.55. The Morgan fingerprint density at radius 1 is 1.10 bits per heavy atom. The van der Waals surface area contributed by atoms with Crippen LogP contribution < -0.4 is 11.0 Å². The summed E-state index contributed by atoms with van der Waals surface area (Å²) < 4.78 is 3.08. The van der Waals surface area contributed by atoms with Crippen molar-refractivity contribution in [2.24, 2.45) is 0 Å². The van der Waals surface area contributed by atoms with Gasteiger partial charge in [-0.3, -0.25) is 9.78 Å². The Morgan fingerprint density at radius 3 is 2.73 bits per heavy atom. The number of aryl methyl sites for hydroxylation is 4. The number of hydrogen-bond acceptors (Lipinski definition) is 4. The Hall–Kier alpha value is -3.48. The molecule has 0 fully saturated rings. The highest BCUT2D eigenvalue weighted by Crippen LogP contribution is 2.19. The van der Waals surface area contributed by atoms with Crippen LogP contribution in [0.25, 0.3) is 16.6 Å². The summed E-state index contributed by atoms with van der Waals surface area (Å²) in [5.74, 6) is -0.0626. The molecule has 0 saturated carbocycles. The lowest BCUT2D eigenvalue weighted by molar-refractivity contribution is -0.121. The summed E-state index contributed by atoms with van der Waals surface area (Å²) >= 11 is 0. The van der Waals surface area contributed by atoms with Crippen LogP contribution in [-0.4, -0.2) is 31.6 Å². The maximum Gasteiger partial charge on any atom is 0.350 e. The van der Waals surface area contributed by atoms with E-state index in [1.807, 2.05) is 63.2 Å². The Bertz CT molecular complexity index is 1300. The molecule has 0 saturated heterocycles. The summed E-state index contributed by atoms with van der Waals surface area (Å²) in [6, 6.07) is 13.9. The van der Waals surface area contributed by atoms with Crippen LogP contribution in [0.5, 0.6) is 0 Å². The molecule has 0 bridgehead atoms. The zero-order valence-electron chi connectivity index (χ0n) is 17.5. The molecule has 0 atom stereocenters. The van der Waals surface area contributed by atoms with Crippen molar-refractivity contribution < 1.29 is 4.79 Å². The van der Waals surface area contributed by atoms with Crippen molar-refractivity contribution in [2.45, 2.75) is 40.2 Å². The Morgan fingerprint density at radius 2 is 1.93 bits per heavy atom. The van der Waals surface area contributed by atoms with Crippen LogP contribution >= 0.6 is 0 Å². The van der Waals surface area contributed by atoms with Gasteiger partial charge in [-0.15, -0.1) is 5.10 Å². The predicted octanol–water partition coefficient (Wildman–Crippen LogP) is 2.72. The minimum absolute atomic E-state index is 0.0626. The molecule has 1 N–H and O–H groups in total. The second-order valence-corrected chi connectivity index (χ2v) is 7.67. The SMILES string of the molecule is Cc1ccc2cc(C)c3nn(CCNC(=O)CCc4cccc(C)n4)c(=O)n3c2c1. The number of benzene rings is 1. The lowest BCUT2D eigenvalue weighted by Gasteiger charge is -2.05. The molecular formula is C23H25N5O2. The molecule has 0 aliphatic carbocycles. The lowest BCUT2D eigenvalue weighted by atomic mass is 10.1. The molecule has 3 aromatic heterocycles. The van der Waals surface area contributed by atoms with E-state index in [1.165, 1.54) is 4.68 Å². The van der Waals surface area contributed by atoms with Crippen molar-refractivity contribution in [1.82, 2.24) is 24.5 Å². The molecular weight excluding hydrogens is 378 g/mol. The molecule has 0 radical (unpaired) electrons. The van der Waals surface area contributed by atoms with Gasteiger partial charge in [0.2, 0.25) is 5.91 Å². The highest BCUT2D eigenvalue weighted by atomic mass is 16.2. The molecule has 0 aliphatic rings. The van der Waals surface area contributed by atoms with Crippen LogP contribution in [0.4, 0.5) is 0 Å². The van der Waals surface area contributed by atoms with Gasteiger partial charge in [0.1, 0.15) is 0 Å². The van der Waals surface area contributed by atoms with Crippen molar-refractivity contribution in [2.75, 3.05) is 6.54 Å². The number of rotatable bonds is 6. The highest BCUT2D eigenvalue weighted by Gasteiger charge is 2.13. The molecule has 3 heterocycles. The molecule has 154 valence electrons. The van der Waals surface area contributed by atoms with Crippen molar-refractivity contribution >= 4 is 22.5 Å². The van der Waals surface area contributed by atoms with E-state index in [2.05, 4.69) is 15.4 Å². The second-order valence-electron chi connectivity index (χ2n) is 7.67. The van der Waals surface area contributed by atoms with Crippen LogP contribution in [-0.2, 0) is 17.8 Å². The summed E-state index contributed by atoms with van der Waals surface area (Å²) in [7, 11) is 0. The molecule has 1 aromatic carbocycles. The van der Waals surface area contributed by atoms with Crippen molar-refractivity contribution in [1.29, 1.82) is 0 Å². The van der Waals surface area contributed by atoms with E-state index >= 15 is 0 Å². The second kappa shape index (κ2) is 8.10. The molecule has 0 unspecified atom stereocenters. The van der Waals surface area contributed by atoms with Gasteiger partial charge >= 0.3 is 5.69 Å². The van der Waals surface area contributed by atoms with Crippen LogP contribution in [0.15, 0.2) is 47.3 Å². The molecule has 1 amide bonds. The van der Waals surface area contributed by atoms with Gasteiger partial charge in [-0.05, 0) is 68.0 Å². The van der Waals surface area contributed by atoms with E-state index in [0.29, 0.717) is 31.6 Å². The average Bonchev–Trinajstić information content (AvgIpc) is 3.05. The molecule has 0 aliphatic heterocycles. The number of nitrogens with zero attached hydrogens (tertiary/aromatic N) is 4. The van der Waals surface area contributed by atoms with E-state index in [1.54, 1.807) is 4.40 Å². The number of amides is 1. The fourth-order valence-corrected chi connectivity index (χ4v) is 3.66. The number of aromatic nitrogens is 4. The van der Waals surface area contributed by atoms with E-state index < -0.39 is 0 Å². The van der Waals surface area contributed by atoms with Crippen molar-refractivity contribution in [3.8, 4) is 0 Å². The number of hydrogen-bond donors (Lipinski definition) is 1. The van der Waals surface area contributed by atoms with E-state index in [-0.39, 0.29) is 11.6 Å². The van der Waals surface area contributed by atoms with Gasteiger partial charge in [-0.25, -0.2) is 13.9 Å². The van der Waals surface area contributed by atoms with Gasteiger partial charge in [0.25, 0.3) is 0 Å². The highest BCUT2D eigenvalue weighted by molar-refractivity contribution is 5.84. The van der Waals surface area contributed by atoms with Crippen LogP contribution in [0.3, 0.4) is 0 Å². The van der Waals surface area contributed by atoms with Crippen LogP contribution in [0, 0.1) is 20.8 Å². The first-order valence-corrected chi connectivity index (χ1v) is 10.1. The van der Waals surface area contributed by atoms with E-state index in [9.17, 15) is 9.59 Å². The monoisotopic (exact) mass is 403 g/mol. The smallest absolute Gasteiger partial charge is 0.350 e. The van der Waals surface area contributed by atoms with Crippen molar-refractivity contribution in [3.05, 3.63) is 75.5 Å². The number of fused-ring (bicyclic) bond motifs is 3. The summed E-state index contributed by atoms with van der Waals surface area (Å²) in [5, 5.41) is 8.38. The molecule has 7 nitrogen and oxygen atoms in total. The number of carbonyl (C=O) groups excluding carboxylic acids is 1. The third kappa shape index (κ3) is 3.96. The zero-order chi connectivity index (χ0) is 21.3. The number of carbonyl (C=O) groups is 1. The standard InChI is InChI=1S/C23H25N5O2/c1-15-7-8-18-14-16(2)22-26-27(23(30)28(22)20(18)13-15)12-11-24-21(29)10-9-19-6-4-5-17(3)25-19/h4-8,13-14H,9-12H2,1-3H3,(H,24,29). The Balaban J connectivity index is 1.45. The summed E-state index contributed by atoms with van der Waals surface area (Å²) in [5.41, 5.74) is 5.18. The quantitative estimate of drug-likeness (QED) is 0.537. The first-order valence-electron chi connectivity index (χ1n) is 10.1. The minimum atomic E-state index is -0.192. The predicted molar refractivity (Wildman–Crippen MR) is 117 cm³/mol. The fourth-order valence-electron chi connectivity index (χ4n) is 3.66. The van der Waals surface area contributed by atoms with E-state index in [0.717, 1.165) is 33.4 Å². The van der Waals surface area contributed by atoms with Crippen LogP contribution in [0.1, 0.15) is 28.9 Å². The van der Waals surface area contributed by atoms with Gasteiger partial charge in [-0.1, -0.05) is 18.2 Å². The first-order chi connectivity index (χ1) is 14.4. The topological polar surface area (TPSA) is 81.3 Å². The van der Waals surface area contributed by atoms with Gasteiger partial charge in [0, 0.05) is 24.4 Å². The maximum absolute atomic E-state index is 13.0. The van der Waals surface area contributed by atoms with Crippen LogP contribution in [0.2, 0.25) is 0 Å². The molecule has 0 spiro atoms. The Labute approximate surface area is 174 Å². The largest absolute Gasteiger partial charge is 0.354 e. The number of nitrogens with one attached hydrogen (secondary N) is 1. The summed E-state index contributed by atoms with van der Waals surface area (Å²) in [4.78, 5) is 29.5. The molecule has 4 aromatic rings. The average molecular weight is 403 g/mol. The van der Waals surface area contributed by atoms with Gasteiger partial charge < -0.3 is 5.32 Å². The first kappa shape index (κ1) is 19.8. The lowest BCUT2D eigenvalue weighted by Crippen LogP contribution is -2.31. The Kier molecular flexibility index (Phi) is 5.35. The van der Waals surface area contributed by atoms with Crippen molar-refractivity contribution in [3.63, 3.8) is 0 Å². The normalized spacial score (nSPS) is 11.3. The molecule has 30 heavy (non-hydrogen) atoms. The van der Waals surface area contributed by atoms with Gasteiger partial charge in [0.05, 0.1) is 12.1 Å². The third-order valence-electron chi connectivity index (χ3n) is 5.19. The number of pyridine rings is 2. The van der Waals surface area contributed by atoms with Gasteiger partial charge in [0.15, 0.2) is 5.65 Å². The summed E-state index contributed by atoms with van der Waals surface area (Å²) in [6.07, 6.45) is 0.950. The fraction of sp³-hybridized carbons (Fsp3) is 0.304. The van der Waals surface area contributed by atoms with E-state index in [4.69, 9.17) is 0 Å². The third-order valence-corrected chi connectivity index (χ3v) is 5.19. The zero-order valence-corrected chi connectivity index (χ0v) is 17.5. The molecule has 7 heteroatoms. The maximum atomic E-state index is 13.0. The minimum Gasteiger partial charge on any atom is -0.354 e. The van der Waals surface area contributed by atoms with Gasteiger partial charge in [-0.2, -0.15) is 0 Å².